The number of hydrogen-bond acceptors (Lipinski definition) is 4. The second-order valence-electron chi connectivity index (χ2n) is 7.25. The van der Waals surface area contributed by atoms with Gasteiger partial charge in [-0.3, -0.25) is 9.10 Å². The largest absolute Gasteiger partial charge is 0.491 e. The fourth-order valence-corrected chi connectivity index (χ4v) is 4.62. The SMILES string of the molecule is CCC(C(=O)NCCOc1cccc(C)c1C)N(c1cc(Cl)ccc1C)S(C)(=O)=O. The second-order valence-corrected chi connectivity index (χ2v) is 9.55. The van der Waals surface area contributed by atoms with Gasteiger partial charge in [0, 0.05) is 5.02 Å². The lowest BCUT2D eigenvalue weighted by Gasteiger charge is -2.31. The van der Waals surface area contributed by atoms with Gasteiger partial charge in [0.1, 0.15) is 18.4 Å². The first-order valence-electron chi connectivity index (χ1n) is 9.78. The molecule has 6 nitrogen and oxygen atoms in total. The number of carbonyl (C=O) groups is 1. The smallest absolute Gasteiger partial charge is 0.244 e. The minimum Gasteiger partial charge on any atom is -0.491 e. The number of nitrogens with zero attached hydrogens (tertiary/aromatic N) is 1. The van der Waals surface area contributed by atoms with Gasteiger partial charge < -0.3 is 10.1 Å². The number of aryl methyl sites for hydroxylation is 2. The van der Waals surface area contributed by atoms with Crippen molar-refractivity contribution in [1.82, 2.24) is 5.32 Å². The van der Waals surface area contributed by atoms with Crippen LogP contribution in [0.25, 0.3) is 0 Å². The molecule has 1 unspecified atom stereocenters. The molecular formula is C22H29ClN2O4S. The van der Waals surface area contributed by atoms with Gasteiger partial charge in [0.25, 0.3) is 0 Å². The Morgan fingerprint density at radius 1 is 1.17 bits per heavy atom. The van der Waals surface area contributed by atoms with Crippen molar-refractivity contribution in [3.63, 3.8) is 0 Å². The number of benzene rings is 2. The molecule has 0 aliphatic rings. The van der Waals surface area contributed by atoms with Gasteiger partial charge in [0.05, 0.1) is 18.5 Å². The minimum atomic E-state index is -3.71. The lowest BCUT2D eigenvalue weighted by Crippen LogP contribution is -2.50. The highest BCUT2D eigenvalue weighted by Crippen LogP contribution is 2.29. The normalized spacial score (nSPS) is 12.3. The summed E-state index contributed by atoms with van der Waals surface area (Å²) >= 11 is 6.08. The van der Waals surface area contributed by atoms with E-state index in [0.717, 1.165) is 27.4 Å². The van der Waals surface area contributed by atoms with E-state index < -0.39 is 16.1 Å². The Morgan fingerprint density at radius 2 is 1.87 bits per heavy atom. The molecule has 0 fully saturated rings. The molecule has 2 rings (SSSR count). The summed E-state index contributed by atoms with van der Waals surface area (Å²) in [7, 11) is -3.71. The Balaban J connectivity index is 2.12. The van der Waals surface area contributed by atoms with Crippen LogP contribution in [0.15, 0.2) is 36.4 Å². The molecule has 0 saturated carbocycles. The summed E-state index contributed by atoms with van der Waals surface area (Å²) in [5.74, 6) is 0.385. The highest BCUT2D eigenvalue weighted by molar-refractivity contribution is 7.92. The molecule has 164 valence electrons. The van der Waals surface area contributed by atoms with Crippen LogP contribution in [0.5, 0.6) is 5.75 Å². The maximum Gasteiger partial charge on any atom is 0.244 e. The number of carbonyl (C=O) groups excluding carboxylic acids is 1. The summed E-state index contributed by atoms with van der Waals surface area (Å²) in [6.45, 7) is 8.08. The lowest BCUT2D eigenvalue weighted by atomic mass is 10.1. The van der Waals surface area contributed by atoms with Gasteiger partial charge >= 0.3 is 0 Å². The van der Waals surface area contributed by atoms with Crippen molar-refractivity contribution >= 4 is 33.2 Å². The summed E-state index contributed by atoms with van der Waals surface area (Å²) in [6.07, 6.45) is 1.40. The van der Waals surface area contributed by atoms with Crippen LogP contribution in [0.3, 0.4) is 0 Å². The predicted octanol–water partition coefficient (Wildman–Crippen LogP) is 4.01. The third-order valence-electron chi connectivity index (χ3n) is 4.95. The number of halogens is 1. The molecule has 0 aromatic heterocycles. The standard InChI is InChI=1S/C22H29ClN2O4S/c1-6-19(25(30(5,27)28)20-14-18(23)11-10-16(20)3)22(26)24-12-13-29-21-9-7-8-15(2)17(21)4/h7-11,14,19H,6,12-13H2,1-5H3,(H,24,26). The van der Waals surface area contributed by atoms with Crippen LogP contribution in [0.2, 0.25) is 5.02 Å². The molecule has 2 aromatic rings. The van der Waals surface area contributed by atoms with Gasteiger partial charge in [-0.25, -0.2) is 8.42 Å². The van der Waals surface area contributed by atoms with E-state index in [1.165, 1.54) is 0 Å². The van der Waals surface area contributed by atoms with Crippen LogP contribution < -0.4 is 14.4 Å². The average Bonchev–Trinajstić information content (AvgIpc) is 2.67. The summed E-state index contributed by atoms with van der Waals surface area (Å²) in [4.78, 5) is 12.9. The van der Waals surface area contributed by atoms with Gasteiger partial charge in [-0.15, -0.1) is 0 Å². The Bertz CT molecular complexity index is 1010. The van der Waals surface area contributed by atoms with Gasteiger partial charge in [-0.1, -0.05) is 36.7 Å². The zero-order chi connectivity index (χ0) is 22.5. The highest BCUT2D eigenvalue weighted by Gasteiger charge is 2.32. The van der Waals surface area contributed by atoms with E-state index in [9.17, 15) is 13.2 Å². The quantitative estimate of drug-likeness (QED) is 0.583. The van der Waals surface area contributed by atoms with Crippen molar-refractivity contribution in [2.24, 2.45) is 0 Å². The maximum atomic E-state index is 12.9. The molecule has 1 N–H and O–H groups in total. The molecule has 1 amide bonds. The molecule has 0 aliphatic carbocycles. The Morgan fingerprint density at radius 3 is 2.50 bits per heavy atom. The van der Waals surface area contributed by atoms with Crippen LogP contribution in [0, 0.1) is 20.8 Å². The van der Waals surface area contributed by atoms with E-state index >= 15 is 0 Å². The molecule has 0 radical (unpaired) electrons. The van der Waals surface area contributed by atoms with E-state index in [4.69, 9.17) is 16.3 Å². The fourth-order valence-electron chi connectivity index (χ4n) is 3.19. The van der Waals surface area contributed by atoms with E-state index in [-0.39, 0.29) is 19.1 Å². The van der Waals surface area contributed by atoms with Crippen molar-refractivity contribution in [1.29, 1.82) is 0 Å². The summed E-state index contributed by atoms with van der Waals surface area (Å²) < 4.78 is 32.0. The van der Waals surface area contributed by atoms with Crippen molar-refractivity contribution in [2.45, 2.75) is 40.2 Å². The Labute approximate surface area is 184 Å². The highest BCUT2D eigenvalue weighted by atomic mass is 35.5. The van der Waals surface area contributed by atoms with Crippen LogP contribution in [-0.2, 0) is 14.8 Å². The number of nitrogens with one attached hydrogen (secondary N) is 1. The van der Waals surface area contributed by atoms with Crippen LogP contribution >= 0.6 is 11.6 Å². The number of amides is 1. The number of anilines is 1. The Kier molecular flexibility index (Phi) is 8.15. The van der Waals surface area contributed by atoms with E-state index in [0.29, 0.717) is 22.7 Å². The average molecular weight is 453 g/mol. The van der Waals surface area contributed by atoms with Crippen molar-refractivity contribution in [3.05, 3.63) is 58.1 Å². The van der Waals surface area contributed by atoms with Crippen molar-refractivity contribution in [2.75, 3.05) is 23.7 Å². The first kappa shape index (κ1) is 24.0. The van der Waals surface area contributed by atoms with E-state index in [2.05, 4.69) is 5.32 Å². The van der Waals surface area contributed by atoms with Crippen molar-refractivity contribution in [3.8, 4) is 5.75 Å². The van der Waals surface area contributed by atoms with E-state index in [1.807, 2.05) is 32.0 Å². The van der Waals surface area contributed by atoms with Gasteiger partial charge in [-0.05, 0) is 62.1 Å². The van der Waals surface area contributed by atoms with Gasteiger partial charge in [-0.2, -0.15) is 0 Å². The zero-order valence-corrected chi connectivity index (χ0v) is 19.6. The summed E-state index contributed by atoms with van der Waals surface area (Å²) in [6, 6.07) is 9.90. The van der Waals surface area contributed by atoms with E-state index in [1.54, 1.807) is 32.0 Å². The molecule has 1 atom stereocenters. The minimum absolute atomic E-state index is 0.259. The molecule has 0 bridgehead atoms. The topological polar surface area (TPSA) is 75.7 Å². The van der Waals surface area contributed by atoms with Gasteiger partial charge in [0.15, 0.2) is 0 Å². The predicted molar refractivity (Wildman–Crippen MR) is 122 cm³/mol. The third kappa shape index (κ3) is 5.89. The second kappa shape index (κ2) is 10.2. The first-order valence-corrected chi connectivity index (χ1v) is 12.0. The van der Waals surface area contributed by atoms with Crippen LogP contribution in [0.1, 0.15) is 30.0 Å². The molecule has 2 aromatic carbocycles. The number of ether oxygens (including phenoxy) is 1. The number of sulfonamides is 1. The third-order valence-corrected chi connectivity index (χ3v) is 6.35. The fraction of sp³-hybridized carbons (Fsp3) is 0.409. The first-order chi connectivity index (χ1) is 14.1. The zero-order valence-electron chi connectivity index (χ0n) is 18.0. The molecule has 0 spiro atoms. The van der Waals surface area contributed by atoms with Crippen molar-refractivity contribution < 1.29 is 17.9 Å². The molecule has 8 heteroatoms. The van der Waals surface area contributed by atoms with Gasteiger partial charge in [0.2, 0.25) is 15.9 Å². The number of rotatable bonds is 9. The Hall–Kier alpha value is -2.25. The maximum absolute atomic E-state index is 12.9. The van der Waals surface area contributed by atoms with Crippen LogP contribution in [0.4, 0.5) is 5.69 Å². The monoisotopic (exact) mass is 452 g/mol. The summed E-state index contributed by atoms with van der Waals surface area (Å²) in [5.41, 5.74) is 3.30. The molecular weight excluding hydrogens is 424 g/mol. The lowest BCUT2D eigenvalue weighted by molar-refractivity contribution is -0.122. The molecule has 0 saturated heterocycles. The molecule has 0 heterocycles. The number of hydrogen-bond donors (Lipinski definition) is 1. The summed E-state index contributed by atoms with van der Waals surface area (Å²) in [5, 5.41) is 3.20. The molecule has 0 aliphatic heterocycles. The molecule has 30 heavy (non-hydrogen) atoms. The van der Waals surface area contributed by atoms with Crippen LogP contribution in [-0.4, -0.2) is 39.8 Å².